The normalized spacial score (nSPS) is 12.5. The summed E-state index contributed by atoms with van der Waals surface area (Å²) in [6.07, 6.45) is 0. The van der Waals surface area contributed by atoms with Gasteiger partial charge in [0, 0.05) is 55.9 Å². The molecule has 0 saturated heterocycles. The molecule has 21 rings (SSSR count). The molecule has 17 aromatic carbocycles. The summed E-state index contributed by atoms with van der Waals surface area (Å²) in [5.74, 6) is 1.57. The molecule has 115 heavy (non-hydrogen) atoms. The predicted octanol–water partition coefficient (Wildman–Crippen LogP) is 19.2. The molecule has 8 heteroatoms. The van der Waals surface area contributed by atoms with Crippen molar-refractivity contribution in [2.24, 2.45) is 0 Å². The van der Waals surface area contributed by atoms with Crippen LogP contribution in [0.3, 0.4) is 0 Å². The smallest absolute Gasteiger partial charge is 0.256 e. The molecule has 2 aromatic heterocycles. The molecule has 0 bridgehead atoms. The molecule has 2 aliphatic rings. The molecule has 0 saturated carbocycles. The van der Waals surface area contributed by atoms with Crippen molar-refractivity contribution in [2.45, 2.75) is 26.2 Å². The van der Waals surface area contributed by atoms with E-state index in [0.717, 1.165) is 123 Å². The topological polar surface area (TPSA) is 46.1 Å². The molecule has 542 valence electrons. The summed E-state index contributed by atoms with van der Waals surface area (Å²) in [5.41, 5.74) is 21.3. The average molecular weight is 1500 g/mol. The quantitative estimate of drug-likeness (QED) is 0.0805. The van der Waals surface area contributed by atoms with Gasteiger partial charge in [0.2, 0.25) is 0 Å². The van der Waals surface area contributed by atoms with E-state index in [2.05, 4.69) is 447 Å². The fourth-order valence-electron chi connectivity index (χ4n) is 19.3. The van der Waals surface area contributed by atoms with Gasteiger partial charge in [-0.25, -0.2) is 0 Å². The molecule has 4 heterocycles. The highest BCUT2D eigenvalue weighted by Gasteiger charge is 2.56. The van der Waals surface area contributed by atoms with Crippen LogP contribution in [-0.2, 0) is 5.41 Å². The van der Waals surface area contributed by atoms with Gasteiger partial charge in [0.15, 0.2) is 16.1 Å². The van der Waals surface area contributed by atoms with Gasteiger partial charge in [0.25, 0.3) is 6.71 Å². The van der Waals surface area contributed by atoms with Crippen molar-refractivity contribution in [1.82, 2.24) is 9.13 Å². The molecule has 0 radical (unpaired) electrons. The van der Waals surface area contributed by atoms with Crippen molar-refractivity contribution in [2.75, 3.05) is 4.90 Å². The Hall–Kier alpha value is -14.1. The number of anilines is 3. The van der Waals surface area contributed by atoms with Crippen LogP contribution in [0.1, 0.15) is 31.9 Å². The second kappa shape index (κ2) is 27.7. The zero-order chi connectivity index (χ0) is 76.9. The zero-order valence-electron chi connectivity index (χ0n) is 64.0. The molecule has 19 aromatic rings. The van der Waals surface area contributed by atoms with Crippen molar-refractivity contribution in [1.29, 1.82) is 5.26 Å². The molecular formula is C107H77BN4OSi2. The van der Waals surface area contributed by atoms with Crippen LogP contribution in [-0.4, -0.2) is 32.0 Å². The van der Waals surface area contributed by atoms with Gasteiger partial charge in [-0.15, -0.1) is 0 Å². The second-order valence-corrected chi connectivity index (χ2v) is 39.2. The van der Waals surface area contributed by atoms with Crippen LogP contribution in [0.25, 0.3) is 88.4 Å². The lowest BCUT2D eigenvalue weighted by Gasteiger charge is -2.49. The first-order valence-corrected chi connectivity index (χ1v) is 43.8. The van der Waals surface area contributed by atoms with Gasteiger partial charge in [-0.2, -0.15) is 5.26 Å². The fraction of sp³-hybridized carbons (Fsp3) is 0.0374. The number of rotatable bonds is 14. The lowest BCUT2D eigenvalue weighted by atomic mass is 9.34. The summed E-state index contributed by atoms with van der Waals surface area (Å²) in [4.78, 5) is 2.75. The highest BCUT2D eigenvalue weighted by atomic mass is 28.3. The Balaban J connectivity index is 0.999. The largest absolute Gasteiger partial charge is 0.458 e. The van der Waals surface area contributed by atoms with Gasteiger partial charge in [0.05, 0.1) is 39.4 Å². The van der Waals surface area contributed by atoms with Gasteiger partial charge in [-0.05, 0) is 169 Å². The van der Waals surface area contributed by atoms with Crippen LogP contribution in [0.2, 0.25) is 0 Å². The maximum absolute atomic E-state index is 10.6. The maximum atomic E-state index is 10.6. The third kappa shape index (κ3) is 11.0. The first-order chi connectivity index (χ1) is 56.6. The Labute approximate surface area is 672 Å². The van der Waals surface area contributed by atoms with Crippen molar-refractivity contribution < 1.29 is 4.74 Å². The number of nitrogens with zero attached hydrogens (tertiary/aromatic N) is 4. The molecule has 0 fully saturated rings. The maximum Gasteiger partial charge on any atom is 0.256 e. The van der Waals surface area contributed by atoms with E-state index in [1.165, 1.54) is 57.8 Å². The van der Waals surface area contributed by atoms with Gasteiger partial charge < -0.3 is 18.8 Å². The summed E-state index contributed by atoms with van der Waals surface area (Å²) >= 11 is 0. The predicted molar refractivity (Wildman–Crippen MR) is 488 cm³/mol. The first-order valence-electron chi connectivity index (χ1n) is 39.8. The van der Waals surface area contributed by atoms with Crippen LogP contribution in [0.15, 0.2) is 413 Å². The van der Waals surface area contributed by atoms with Gasteiger partial charge in [0.1, 0.15) is 11.5 Å². The number of benzene rings is 17. The third-order valence-electron chi connectivity index (χ3n) is 24.4. The van der Waals surface area contributed by atoms with E-state index in [-0.39, 0.29) is 5.41 Å². The minimum absolute atomic E-state index is 0.123. The molecule has 0 N–H and O–H groups in total. The molecule has 0 unspecified atom stereocenters. The highest BCUT2D eigenvalue weighted by molar-refractivity contribution is 7.27. The Morgan fingerprint density at radius 2 is 0.757 bits per heavy atom. The Kier molecular flexibility index (Phi) is 16.6. The first kappa shape index (κ1) is 68.9. The van der Waals surface area contributed by atoms with E-state index in [0.29, 0.717) is 5.56 Å². The Morgan fingerprint density at radius 1 is 0.322 bits per heavy atom. The molecule has 0 atom stereocenters. The number of hydrogen-bond acceptors (Lipinski definition) is 3. The molecule has 0 amide bonds. The molecule has 5 nitrogen and oxygen atoms in total. The average Bonchev–Trinajstić information content (AvgIpc) is 1.65. The second-order valence-electron chi connectivity index (χ2n) is 31.7. The minimum atomic E-state index is -4.05. The van der Waals surface area contributed by atoms with Crippen molar-refractivity contribution in [3.8, 4) is 62.3 Å². The van der Waals surface area contributed by atoms with Gasteiger partial charge >= 0.3 is 0 Å². The fourth-order valence-corrected chi connectivity index (χ4v) is 30.4. The number of ether oxygens (including phenoxy) is 1. The minimum Gasteiger partial charge on any atom is -0.458 e. The van der Waals surface area contributed by atoms with Crippen LogP contribution in [0.5, 0.6) is 11.5 Å². The van der Waals surface area contributed by atoms with E-state index in [1.54, 1.807) is 0 Å². The summed E-state index contributed by atoms with van der Waals surface area (Å²) < 4.78 is 13.3. The summed E-state index contributed by atoms with van der Waals surface area (Å²) in [7, 11) is -8.00. The van der Waals surface area contributed by atoms with Crippen molar-refractivity contribution in [3.05, 3.63) is 424 Å². The number of hydrogen-bond donors (Lipinski definition) is 0. The van der Waals surface area contributed by atoms with Crippen LogP contribution in [0.4, 0.5) is 17.1 Å². The number of nitriles is 1. The van der Waals surface area contributed by atoms with Crippen molar-refractivity contribution >= 4 is 141 Å². The SMILES string of the molecule is CC(C)(C)c1ccc2c(c1)c1cc(C#N)ccc1n2-c1ccc2c(c1)Oc1cc([Si](c3ccccc3)(c3ccccc3)c3cccc(-c4ccccc4)c3)c([Si](c3ccccc3)(c3ccccc3)c3cccc(-c4ccccc4)c3)c3c1B2c1ccc(-n2c4ccccc4c4ccccc42)cc1N3c1ccccc1-c1ccccc1. The zero-order valence-corrected chi connectivity index (χ0v) is 66.0. The molecule has 0 aliphatic carbocycles. The van der Waals surface area contributed by atoms with E-state index in [4.69, 9.17) is 4.74 Å². The van der Waals surface area contributed by atoms with Crippen LogP contribution >= 0.6 is 0 Å². The standard InChI is InChI=1S/C107H77BN4OSi2/c1-107(2,3)79-58-64-99-92(68-79)91-65-73(72-109)57-63-98(91)111(99)81-60-62-94-101(70-81)113-102-71-103(114(82-41-17-7-18-42-82,83-43-19-8-20-44-83)86-49-31-39-77(66-86)74-33-11-4-12-34-74)106(115(84-45-21-9-22-46-84,85-47-23-10-24-48-85)87-50-32-40-78(67-87)75-35-13-5-14-36-75)105-104(102)108(94)93-61-59-80(110-96-55-29-26-52-89(96)90-53-27-30-56-97(90)110)69-100(93)112(105)95-54-28-25-51-88(95)76-37-15-6-16-38-76/h4-71H,1-3H3. The number of fused-ring (bicyclic) bond motifs is 10. The lowest BCUT2D eigenvalue weighted by molar-refractivity contribution is 0.488. The van der Waals surface area contributed by atoms with E-state index in [1.807, 2.05) is 6.07 Å². The number of aromatic nitrogens is 2. The molecule has 0 spiro atoms. The highest BCUT2D eigenvalue weighted by Crippen LogP contribution is 2.47. The van der Waals surface area contributed by atoms with Crippen LogP contribution in [0, 0.1) is 11.3 Å². The lowest BCUT2D eigenvalue weighted by Crippen LogP contribution is -2.86. The van der Waals surface area contributed by atoms with Gasteiger partial charge in [-0.3, -0.25) is 0 Å². The summed E-state index contributed by atoms with van der Waals surface area (Å²) in [6.45, 7) is 6.39. The van der Waals surface area contributed by atoms with E-state index in [9.17, 15) is 5.26 Å². The Bertz CT molecular complexity index is 6920. The monoisotopic (exact) mass is 1500 g/mol. The van der Waals surface area contributed by atoms with E-state index < -0.39 is 22.9 Å². The van der Waals surface area contributed by atoms with E-state index >= 15 is 0 Å². The number of para-hydroxylation sites is 3. The van der Waals surface area contributed by atoms with Crippen molar-refractivity contribution in [3.63, 3.8) is 0 Å². The van der Waals surface area contributed by atoms with Crippen LogP contribution < -0.4 is 67.5 Å². The summed E-state index contributed by atoms with van der Waals surface area (Å²) in [5, 5.41) is 25.0. The van der Waals surface area contributed by atoms with Gasteiger partial charge in [-0.1, -0.05) is 354 Å². The Morgan fingerprint density at radius 3 is 1.30 bits per heavy atom. The third-order valence-corrected chi connectivity index (χ3v) is 34.3. The molecular weight excluding hydrogens is 1420 g/mol. The summed E-state index contributed by atoms with van der Waals surface area (Å²) in [6, 6.07) is 158. The molecule has 2 aliphatic heterocycles.